The van der Waals surface area contributed by atoms with Crippen LogP contribution in [0.4, 0.5) is 0 Å². The predicted molar refractivity (Wildman–Crippen MR) is 94.3 cm³/mol. The first kappa shape index (κ1) is 19.0. The van der Waals surface area contributed by atoms with Gasteiger partial charge in [-0.05, 0) is 36.5 Å². The van der Waals surface area contributed by atoms with E-state index in [9.17, 15) is 14.4 Å². The summed E-state index contributed by atoms with van der Waals surface area (Å²) in [5, 5.41) is 11.9. The molecule has 2 rings (SSSR count). The largest absolute Gasteiger partial charge is 0.478 e. The molecule has 0 aromatic heterocycles. The molecule has 25 heavy (non-hydrogen) atoms. The van der Waals surface area contributed by atoms with Gasteiger partial charge in [0.05, 0.1) is 12.0 Å². The molecule has 0 atom stereocenters. The van der Waals surface area contributed by atoms with Crippen molar-refractivity contribution < 1.29 is 19.5 Å². The second-order valence-corrected chi connectivity index (χ2v) is 7.00. The number of aromatic carboxylic acids is 1. The highest BCUT2D eigenvalue weighted by atomic mass is 16.4. The van der Waals surface area contributed by atoms with E-state index in [1.54, 1.807) is 12.1 Å². The van der Waals surface area contributed by atoms with Gasteiger partial charge in [0, 0.05) is 25.6 Å². The number of carboxylic acids is 1. The topological polar surface area (TPSA) is 86.7 Å². The number of rotatable bonds is 6. The summed E-state index contributed by atoms with van der Waals surface area (Å²) in [6, 6.07) is 6.42. The van der Waals surface area contributed by atoms with Gasteiger partial charge < -0.3 is 15.3 Å². The molecule has 0 aliphatic carbocycles. The minimum atomic E-state index is -0.977. The van der Waals surface area contributed by atoms with E-state index in [1.807, 2.05) is 18.7 Å². The van der Waals surface area contributed by atoms with Crippen LogP contribution in [0.3, 0.4) is 0 Å². The van der Waals surface area contributed by atoms with Crippen LogP contribution in [0.1, 0.15) is 49.0 Å². The fourth-order valence-corrected chi connectivity index (χ4v) is 2.98. The van der Waals surface area contributed by atoms with Crippen molar-refractivity contribution in [2.75, 3.05) is 13.1 Å². The average Bonchev–Trinajstić information content (AvgIpc) is 2.55. The number of carboxylic acid groups (broad SMARTS) is 1. The molecule has 0 saturated carbocycles. The summed E-state index contributed by atoms with van der Waals surface area (Å²) in [7, 11) is 0. The molecular weight excluding hydrogens is 320 g/mol. The van der Waals surface area contributed by atoms with Gasteiger partial charge in [0.15, 0.2) is 0 Å². The van der Waals surface area contributed by atoms with Crippen LogP contribution in [-0.2, 0) is 16.0 Å². The van der Waals surface area contributed by atoms with Gasteiger partial charge in [-0.25, -0.2) is 4.79 Å². The highest BCUT2D eigenvalue weighted by Gasteiger charge is 2.24. The molecule has 1 aliphatic heterocycles. The molecule has 1 heterocycles. The molecule has 0 bridgehead atoms. The van der Waals surface area contributed by atoms with Gasteiger partial charge in [-0.2, -0.15) is 0 Å². The number of carbonyl (C=O) groups excluding carboxylic acids is 2. The highest BCUT2D eigenvalue weighted by molar-refractivity contribution is 5.87. The van der Waals surface area contributed by atoms with Gasteiger partial charge in [-0.15, -0.1) is 0 Å². The Morgan fingerprint density at radius 3 is 2.28 bits per heavy atom. The van der Waals surface area contributed by atoms with Crippen molar-refractivity contribution in [3.8, 4) is 0 Å². The van der Waals surface area contributed by atoms with Crippen LogP contribution in [0, 0.1) is 5.92 Å². The maximum absolute atomic E-state index is 12.2. The number of carbonyl (C=O) groups is 3. The molecule has 6 nitrogen and oxygen atoms in total. The number of hydrogen-bond acceptors (Lipinski definition) is 3. The van der Waals surface area contributed by atoms with Crippen LogP contribution < -0.4 is 5.32 Å². The zero-order valence-electron chi connectivity index (χ0n) is 14.8. The molecule has 1 aromatic rings. The van der Waals surface area contributed by atoms with E-state index in [0.717, 1.165) is 18.4 Å². The van der Waals surface area contributed by atoms with E-state index < -0.39 is 5.97 Å². The summed E-state index contributed by atoms with van der Waals surface area (Å²) in [4.78, 5) is 36.9. The van der Waals surface area contributed by atoms with Crippen LogP contribution in [-0.4, -0.2) is 46.9 Å². The Kier molecular flexibility index (Phi) is 6.56. The lowest BCUT2D eigenvalue weighted by molar-refractivity contribution is -0.133. The van der Waals surface area contributed by atoms with Crippen molar-refractivity contribution >= 4 is 17.8 Å². The first-order valence-electron chi connectivity index (χ1n) is 8.74. The molecule has 1 aromatic carbocycles. The summed E-state index contributed by atoms with van der Waals surface area (Å²) in [6.45, 7) is 5.44. The average molecular weight is 346 g/mol. The second-order valence-electron chi connectivity index (χ2n) is 7.00. The van der Waals surface area contributed by atoms with E-state index in [0.29, 0.717) is 25.4 Å². The maximum Gasteiger partial charge on any atom is 0.335 e. The van der Waals surface area contributed by atoms with E-state index >= 15 is 0 Å². The third-order valence-electron chi connectivity index (χ3n) is 4.36. The molecule has 136 valence electrons. The smallest absolute Gasteiger partial charge is 0.335 e. The van der Waals surface area contributed by atoms with Crippen molar-refractivity contribution in [1.29, 1.82) is 0 Å². The van der Waals surface area contributed by atoms with E-state index in [-0.39, 0.29) is 29.8 Å². The molecule has 1 saturated heterocycles. The van der Waals surface area contributed by atoms with Crippen LogP contribution in [0.5, 0.6) is 0 Å². The van der Waals surface area contributed by atoms with Crippen molar-refractivity contribution in [3.63, 3.8) is 0 Å². The number of likely N-dealkylation sites (tertiary alicyclic amines) is 1. The summed E-state index contributed by atoms with van der Waals surface area (Å²) in [5.74, 6) is -0.499. The molecule has 6 heteroatoms. The van der Waals surface area contributed by atoms with Gasteiger partial charge in [0.1, 0.15) is 0 Å². The first-order valence-corrected chi connectivity index (χ1v) is 8.74. The van der Waals surface area contributed by atoms with Gasteiger partial charge in [0.25, 0.3) is 0 Å². The summed E-state index contributed by atoms with van der Waals surface area (Å²) >= 11 is 0. The lowest BCUT2D eigenvalue weighted by Gasteiger charge is -2.33. The van der Waals surface area contributed by atoms with Crippen molar-refractivity contribution in [2.45, 2.75) is 45.6 Å². The first-order chi connectivity index (χ1) is 11.8. The third kappa shape index (κ3) is 5.89. The third-order valence-corrected chi connectivity index (χ3v) is 4.36. The SMILES string of the molecule is CC(C)CC(=O)N1CCC(NC(=O)Cc2ccc(C(=O)O)cc2)CC1. The predicted octanol–water partition coefficient (Wildman–Crippen LogP) is 2.08. The van der Waals surface area contributed by atoms with Crippen molar-refractivity contribution in [2.24, 2.45) is 5.92 Å². The summed E-state index contributed by atoms with van der Waals surface area (Å²) in [6.07, 6.45) is 2.34. The standard InChI is InChI=1S/C19H26N2O4/c1-13(2)11-18(23)21-9-7-16(8-10-21)20-17(22)12-14-3-5-15(6-4-14)19(24)25/h3-6,13,16H,7-12H2,1-2H3,(H,20,22)(H,24,25). The number of hydrogen-bond donors (Lipinski definition) is 2. The molecule has 1 fully saturated rings. The Morgan fingerprint density at radius 1 is 1.16 bits per heavy atom. The Hall–Kier alpha value is -2.37. The Morgan fingerprint density at radius 2 is 1.76 bits per heavy atom. The van der Waals surface area contributed by atoms with Crippen molar-refractivity contribution in [1.82, 2.24) is 10.2 Å². The second kappa shape index (κ2) is 8.65. The summed E-state index contributed by atoms with van der Waals surface area (Å²) < 4.78 is 0. The minimum absolute atomic E-state index is 0.0740. The van der Waals surface area contributed by atoms with Gasteiger partial charge >= 0.3 is 5.97 Å². The molecular formula is C19H26N2O4. The van der Waals surface area contributed by atoms with Crippen molar-refractivity contribution in [3.05, 3.63) is 35.4 Å². The molecule has 2 amide bonds. The monoisotopic (exact) mass is 346 g/mol. The van der Waals surface area contributed by atoms with Gasteiger partial charge in [0.2, 0.25) is 11.8 Å². The van der Waals surface area contributed by atoms with E-state index in [2.05, 4.69) is 5.32 Å². The number of amides is 2. The number of benzene rings is 1. The zero-order chi connectivity index (χ0) is 18.4. The lowest BCUT2D eigenvalue weighted by Crippen LogP contribution is -2.47. The highest BCUT2D eigenvalue weighted by Crippen LogP contribution is 2.14. The number of nitrogens with one attached hydrogen (secondary N) is 1. The quantitative estimate of drug-likeness (QED) is 0.826. The van der Waals surface area contributed by atoms with Crippen LogP contribution in [0.2, 0.25) is 0 Å². The Labute approximate surface area is 148 Å². The molecule has 0 unspecified atom stereocenters. The number of piperidine rings is 1. The zero-order valence-corrected chi connectivity index (χ0v) is 14.8. The molecule has 2 N–H and O–H groups in total. The van der Waals surface area contributed by atoms with Gasteiger partial charge in [-0.1, -0.05) is 26.0 Å². The van der Waals surface area contributed by atoms with E-state index in [1.165, 1.54) is 12.1 Å². The fraction of sp³-hybridized carbons (Fsp3) is 0.526. The normalized spacial score (nSPS) is 15.2. The molecule has 0 radical (unpaired) electrons. The van der Waals surface area contributed by atoms with Crippen LogP contribution in [0.15, 0.2) is 24.3 Å². The van der Waals surface area contributed by atoms with E-state index in [4.69, 9.17) is 5.11 Å². The Bertz CT molecular complexity index is 617. The number of nitrogens with zero attached hydrogens (tertiary/aromatic N) is 1. The summed E-state index contributed by atoms with van der Waals surface area (Å²) in [5.41, 5.74) is 0.995. The maximum atomic E-state index is 12.2. The van der Waals surface area contributed by atoms with Crippen LogP contribution in [0.25, 0.3) is 0 Å². The lowest BCUT2D eigenvalue weighted by atomic mass is 10.0. The molecule has 1 aliphatic rings. The minimum Gasteiger partial charge on any atom is -0.478 e. The Balaban J connectivity index is 1.76. The molecule has 0 spiro atoms. The fourth-order valence-electron chi connectivity index (χ4n) is 2.98. The van der Waals surface area contributed by atoms with Crippen LogP contribution >= 0.6 is 0 Å². The van der Waals surface area contributed by atoms with Gasteiger partial charge in [-0.3, -0.25) is 9.59 Å².